The number of carbonyl (C=O) groups is 3. The third-order valence-corrected chi connectivity index (χ3v) is 4.04. The molecule has 0 unspecified atom stereocenters. The van der Waals surface area contributed by atoms with E-state index in [2.05, 4.69) is 5.32 Å². The van der Waals surface area contributed by atoms with E-state index in [1.807, 2.05) is 32.0 Å². The Labute approximate surface area is 129 Å². The lowest BCUT2D eigenvalue weighted by Gasteiger charge is -2.21. The topological polar surface area (TPSA) is 86.7 Å². The van der Waals surface area contributed by atoms with Crippen LogP contribution in [0.4, 0.5) is 5.69 Å². The van der Waals surface area contributed by atoms with Crippen LogP contribution in [0.1, 0.15) is 24.0 Å². The van der Waals surface area contributed by atoms with Crippen LogP contribution in [0.3, 0.4) is 0 Å². The first kappa shape index (κ1) is 16.0. The lowest BCUT2D eigenvalue weighted by Crippen LogP contribution is -2.42. The molecule has 1 saturated carbocycles. The largest absolute Gasteiger partial charge is 0.480 e. The lowest BCUT2D eigenvalue weighted by atomic mass is 10.1. The fourth-order valence-electron chi connectivity index (χ4n) is 2.49. The second-order valence-corrected chi connectivity index (χ2v) is 5.86. The third kappa shape index (κ3) is 2.95. The number of nitrogens with one attached hydrogen (secondary N) is 1. The van der Waals surface area contributed by atoms with Crippen LogP contribution in [-0.4, -0.2) is 41.4 Å². The third-order valence-electron chi connectivity index (χ3n) is 4.04. The second kappa shape index (κ2) is 5.79. The summed E-state index contributed by atoms with van der Waals surface area (Å²) in [6.45, 7) is 3.61. The van der Waals surface area contributed by atoms with Crippen LogP contribution in [0.2, 0.25) is 0 Å². The molecule has 1 aromatic rings. The molecule has 0 aromatic heterocycles. The first-order valence-electron chi connectivity index (χ1n) is 7.13. The summed E-state index contributed by atoms with van der Waals surface area (Å²) >= 11 is 0. The average Bonchev–Trinajstić information content (AvgIpc) is 3.23. The summed E-state index contributed by atoms with van der Waals surface area (Å²) in [5.74, 6) is -1.95. The van der Waals surface area contributed by atoms with Gasteiger partial charge in [-0.05, 0) is 37.8 Å². The molecule has 118 valence electrons. The molecule has 1 aliphatic carbocycles. The van der Waals surface area contributed by atoms with Crippen LogP contribution in [0.15, 0.2) is 18.2 Å². The van der Waals surface area contributed by atoms with Gasteiger partial charge in [-0.1, -0.05) is 18.2 Å². The molecule has 22 heavy (non-hydrogen) atoms. The molecule has 0 aliphatic heterocycles. The zero-order valence-corrected chi connectivity index (χ0v) is 13.0. The van der Waals surface area contributed by atoms with E-state index >= 15 is 0 Å². The molecule has 2 N–H and O–H groups in total. The Kier molecular flexibility index (Phi) is 4.21. The number of carboxylic acids is 1. The van der Waals surface area contributed by atoms with Gasteiger partial charge in [-0.25, -0.2) is 0 Å². The molecule has 0 radical (unpaired) electrons. The van der Waals surface area contributed by atoms with E-state index < -0.39 is 17.3 Å². The molecular formula is C16H20N2O4. The first-order valence-corrected chi connectivity index (χ1v) is 7.13. The summed E-state index contributed by atoms with van der Waals surface area (Å²) < 4.78 is 0. The number of hydrogen-bond acceptors (Lipinski definition) is 3. The van der Waals surface area contributed by atoms with Crippen molar-refractivity contribution in [3.05, 3.63) is 29.3 Å². The molecule has 0 heterocycles. The normalized spacial score (nSPS) is 15.0. The van der Waals surface area contributed by atoms with E-state index in [9.17, 15) is 14.4 Å². The van der Waals surface area contributed by atoms with Gasteiger partial charge in [-0.2, -0.15) is 0 Å². The summed E-state index contributed by atoms with van der Waals surface area (Å²) in [6.07, 6.45) is 0.675. The molecule has 1 aromatic carbocycles. The number of aryl methyl sites for hydroxylation is 2. The van der Waals surface area contributed by atoms with E-state index in [1.165, 1.54) is 11.9 Å². The molecule has 6 heteroatoms. The van der Waals surface area contributed by atoms with Gasteiger partial charge in [0.25, 0.3) is 0 Å². The van der Waals surface area contributed by atoms with E-state index in [0.29, 0.717) is 12.8 Å². The summed E-state index contributed by atoms with van der Waals surface area (Å²) in [6, 6.07) is 5.68. The van der Waals surface area contributed by atoms with Crippen molar-refractivity contribution >= 4 is 23.5 Å². The Hall–Kier alpha value is -2.37. The number of benzene rings is 1. The fourth-order valence-corrected chi connectivity index (χ4v) is 2.49. The van der Waals surface area contributed by atoms with Gasteiger partial charge in [0.1, 0.15) is 5.41 Å². The molecule has 1 fully saturated rings. The minimum absolute atomic E-state index is 0.165. The lowest BCUT2D eigenvalue weighted by molar-refractivity contribution is -0.153. The number of amides is 2. The van der Waals surface area contributed by atoms with Crippen LogP contribution in [0.5, 0.6) is 0 Å². The van der Waals surface area contributed by atoms with Crippen LogP contribution < -0.4 is 5.32 Å². The van der Waals surface area contributed by atoms with Crippen molar-refractivity contribution in [1.29, 1.82) is 0 Å². The van der Waals surface area contributed by atoms with Gasteiger partial charge < -0.3 is 15.3 Å². The minimum atomic E-state index is -1.31. The number of hydrogen-bond donors (Lipinski definition) is 2. The molecule has 2 amide bonds. The highest BCUT2D eigenvalue weighted by Crippen LogP contribution is 2.47. The van der Waals surface area contributed by atoms with Crippen molar-refractivity contribution in [3.8, 4) is 0 Å². The maximum absolute atomic E-state index is 12.2. The molecule has 0 bridgehead atoms. The Morgan fingerprint density at radius 3 is 2.23 bits per heavy atom. The van der Waals surface area contributed by atoms with E-state index in [-0.39, 0.29) is 12.5 Å². The average molecular weight is 304 g/mol. The molecule has 0 spiro atoms. The van der Waals surface area contributed by atoms with Crippen LogP contribution in [-0.2, 0) is 14.4 Å². The molecule has 0 atom stereocenters. The van der Waals surface area contributed by atoms with Gasteiger partial charge in [-0.15, -0.1) is 0 Å². The first-order chi connectivity index (χ1) is 10.3. The second-order valence-electron chi connectivity index (χ2n) is 5.86. The predicted molar refractivity (Wildman–Crippen MR) is 81.5 cm³/mol. The Morgan fingerprint density at radius 2 is 1.77 bits per heavy atom. The van der Waals surface area contributed by atoms with Crippen molar-refractivity contribution in [2.75, 3.05) is 18.9 Å². The molecule has 0 saturated heterocycles. The minimum Gasteiger partial charge on any atom is -0.480 e. The number of anilines is 1. The van der Waals surface area contributed by atoms with Crippen LogP contribution in [0.25, 0.3) is 0 Å². The van der Waals surface area contributed by atoms with Crippen LogP contribution >= 0.6 is 0 Å². The number of rotatable bonds is 5. The predicted octanol–water partition coefficient (Wildman–Crippen LogP) is 1.57. The molecule has 1 aliphatic rings. The zero-order chi connectivity index (χ0) is 16.5. The van der Waals surface area contributed by atoms with Crippen molar-refractivity contribution in [1.82, 2.24) is 4.90 Å². The highest BCUT2D eigenvalue weighted by Gasteiger charge is 2.58. The Morgan fingerprint density at radius 1 is 1.23 bits per heavy atom. The SMILES string of the molecule is Cc1cccc(C)c1NC(=O)CN(C)C(=O)C1(C(=O)O)CC1. The number of likely N-dealkylation sites (N-methyl/N-ethyl adjacent to an activating group) is 1. The number of carboxylic acid groups (broad SMARTS) is 1. The zero-order valence-electron chi connectivity index (χ0n) is 13.0. The van der Waals surface area contributed by atoms with Gasteiger partial charge >= 0.3 is 5.97 Å². The van der Waals surface area contributed by atoms with Crippen molar-refractivity contribution in [3.63, 3.8) is 0 Å². The van der Waals surface area contributed by atoms with Gasteiger partial charge in [0, 0.05) is 12.7 Å². The standard InChI is InChI=1S/C16H20N2O4/c1-10-5-4-6-11(2)13(10)17-12(19)9-18(3)14(20)16(7-8-16)15(21)22/h4-6H,7-9H2,1-3H3,(H,17,19)(H,21,22). The Balaban J connectivity index is 2.00. The van der Waals surface area contributed by atoms with Gasteiger partial charge in [0.05, 0.1) is 6.54 Å². The van der Waals surface area contributed by atoms with Gasteiger partial charge in [0.15, 0.2) is 0 Å². The van der Waals surface area contributed by atoms with E-state index in [1.54, 1.807) is 0 Å². The summed E-state index contributed by atoms with van der Waals surface area (Å²) in [5, 5.41) is 11.9. The molecule has 6 nitrogen and oxygen atoms in total. The maximum atomic E-state index is 12.2. The molecular weight excluding hydrogens is 284 g/mol. The smallest absolute Gasteiger partial charge is 0.319 e. The number of carbonyl (C=O) groups excluding carboxylic acids is 2. The highest BCUT2D eigenvalue weighted by molar-refractivity contribution is 6.06. The van der Waals surface area contributed by atoms with E-state index in [4.69, 9.17) is 5.11 Å². The fraction of sp³-hybridized carbons (Fsp3) is 0.438. The van der Waals surface area contributed by atoms with E-state index in [0.717, 1.165) is 16.8 Å². The quantitative estimate of drug-likeness (QED) is 0.808. The summed E-state index contributed by atoms with van der Waals surface area (Å²) in [5.41, 5.74) is 1.29. The van der Waals surface area contributed by atoms with Crippen molar-refractivity contribution in [2.45, 2.75) is 26.7 Å². The Bertz CT molecular complexity index is 615. The number of nitrogens with zero attached hydrogens (tertiary/aromatic N) is 1. The van der Waals surface area contributed by atoms with Crippen LogP contribution in [0, 0.1) is 19.3 Å². The maximum Gasteiger partial charge on any atom is 0.319 e. The van der Waals surface area contributed by atoms with Crippen molar-refractivity contribution < 1.29 is 19.5 Å². The van der Waals surface area contributed by atoms with Gasteiger partial charge in [0.2, 0.25) is 11.8 Å². The number of aliphatic carboxylic acids is 1. The van der Waals surface area contributed by atoms with Crippen molar-refractivity contribution in [2.24, 2.45) is 5.41 Å². The summed E-state index contributed by atoms with van der Waals surface area (Å²) in [7, 11) is 1.45. The summed E-state index contributed by atoms with van der Waals surface area (Å²) in [4.78, 5) is 36.6. The molecule has 2 rings (SSSR count). The van der Waals surface area contributed by atoms with Gasteiger partial charge in [-0.3, -0.25) is 14.4 Å². The highest BCUT2D eigenvalue weighted by atomic mass is 16.4. The monoisotopic (exact) mass is 304 g/mol. The number of para-hydroxylation sites is 1.